The molecule has 0 aliphatic rings. The zero-order chi connectivity index (χ0) is 23.8. The fourth-order valence-corrected chi connectivity index (χ4v) is 3.93. The van der Waals surface area contributed by atoms with Crippen molar-refractivity contribution >= 4 is 35.0 Å². The molecule has 2 aromatic heterocycles. The fraction of sp³-hybridized carbons (Fsp3) is 0.167. The molecular weight excluding hydrogens is 454 g/mol. The van der Waals surface area contributed by atoms with Gasteiger partial charge >= 0.3 is 0 Å². The van der Waals surface area contributed by atoms with Crippen molar-refractivity contribution in [2.45, 2.75) is 18.6 Å². The van der Waals surface area contributed by atoms with Crippen LogP contribution in [0.2, 0.25) is 0 Å². The summed E-state index contributed by atoms with van der Waals surface area (Å²) >= 11 is 1.29. The molecule has 2 heterocycles. The molecule has 174 valence electrons. The van der Waals surface area contributed by atoms with Crippen molar-refractivity contribution in [3.05, 3.63) is 73.0 Å². The minimum absolute atomic E-state index is 0.146. The van der Waals surface area contributed by atoms with Crippen LogP contribution in [0.1, 0.15) is 6.92 Å². The average molecular weight is 478 g/mol. The number of ether oxygens (including phenoxy) is 1. The Morgan fingerprint density at radius 2 is 1.76 bits per heavy atom. The molecule has 0 saturated heterocycles. The highest BCUT2D eigenvalue weighted by molar-refractivity contribution is 7.99. The van der Waals surface area contributed by atoms with E-state index in [9.17, 15) is 9.59 Å². The van der Waals surface area contributed by atoms with Gasteiger partial charge in [-0.3, -0.25) is 14.2 Å². The number of rotatable bonds is 10. The standard InChI is InChI=1S/C24H23N5O4S/c1-2-29-23(20-12-7-13-32-20)27-28-24(29)34-16-22(31)26-18-10-6-11-19(14-18)33-15-21(30)25-17-8-4-3-5-9-17/h3-14H,2,15-16H2,1H3,(H,25,30)(H,26,31). The molecule has 9 nitrogen and oxygen atoms in total. The Morgan fingerprint density at radius 3 is 2.53 bits per heavy atom. The number of carbonyl (C=O) groups is 2. The summed E-state index contributed by atoms with van der Waals surface area (Å²) in [6.45, 7) is 2.47. The average Bonchev–Trinajstić information content (AvgIpc) is 3.52. The first-order valence-corrected chi connectivity index (χ1v) is 11.6. The van der Waals surface area contributed by atoms with Gasteiger partial charge in [0.25, 0.3) is 5.91 Å². The van der Waals surface area contributed by atoms with Crippen molar-refractivity contribution in [3.8, 4) is 17.3 Å². The molecule has 0 unspecified atom stereocenters. The van der Waals surface area contributed by atoms with Gasteiger partial charge in [0.1, 0.15) is 5.75 Å². The summed E-state index contributed by atoms with van der Waals surface area (Å²) in [6.07, 6.45) is 1.58. The normalized spacial score (nSPS) is 10.6. The molecule has 4 aromatic rings. The molecule has 0 spiro atoms. The maximum Gasteiger partial charge on any atom is 0.262 e. The van der Waals surface area contributed by atoms with Gasteiger partial charge in [-0.2, -0.15) is 0 Å². The largest absolute Gasteiger partial charge is 0.484 e. The number of hydrogen-bond donors (Lipinski definition) is 2. The summed E-state index contributed by atoms with van der Waals surface area (Å²) in [5.74, 6) is 1.40. The Morgan fingerprint density at radius 1 is 0.971 bits per heavy atom. The summed E-state index contributed by atoms with van der Waals surface area (Å²) in [7, 11) is 0. The Bertz CT molecular complexity index is 1240. The van der Waals surface area contributed by atoms with Crippen LogP contribution in [0.5, 0.6) is 5.75 Å². The number of anilines is 2. The summed E-state index contributed by atoms with van der Waals surface area (Å²) in [5, 5.41) is 14.6. The highest BCUT2D eigenvalue weighted by atomic mass is 32.2. The number of hydrogen-bond acceptors (Lipinski definition) is 7. The number of aromatic nitrogens is 3. The maximum atomic E-state index is 12.5. The van der Waals surface area contributed by atoms with Crippen molar-refractivity contribution in [1.82, 2.24) is 14.8 Å². The summed E-state index contributed by atoms with van der Waals surface area (Å²) in [6, 6.07) is 19.6. The van der Waals surface area contributed by atoms with E-state index >= 15 is 0 Å². The predicted octanol–water partition coefficient (Wildman–Crippen LogP) is 4.31. The molecule has 0 atom stereocenters. The van der Waals surface area contributed by atoms with Crippen LogP contribution < -0.4 is 15.4 Å². The predicted molar refractivity (Wildman–Crippen MR) is 130 cm³/mol. The van der Waals surface area contributed by atoms with Crippen LogP contribution in [0, 0.1) is 0 Å². The Kier molecular flexibility index (Phi) is 7.61. The molecular formula is C24H23N5O4S. The number of benzene rings is 2. The van der Waals surface area contributed by atoms with Crippen LogP contribution in [0.4, 0.5) is 11.4 Å². The van der Waals surface area contributed by atoms with Gasteiger partial charge in [0.05, 0.1) is 12.0 Å². The van der Waals surface area contributed by atoms with E-state index in [2.05, 4.69) is 20.8 Å². The molecule has 0 saturated carbocycles. The van der Waals surface area contributed by atoms with E-state index in [0.29, 0.717) is 40.4 Å². The molecule has 34 heavy (non-hydrogen) atoms. The minimum atomic E-state index is -0.272. The van der Waals surface area contributed by atoms with Gasteiger partial charge in [-0.25, -0.2) is 0 Å². The lowest BCUT2D eigenvalue weighted by atomic mass is 10.3. The Hall–Kier alpha value is -4.05. The Labute approximate surface area is 200 Å². The molecule has 0 aliphatic carbocycles. The molecule has 10 heteroatoms. The first-order valence-electron chi connectivity index (χ1n) is 10.6. The fourth-order valence-electron chi connectivity index (χ4n) is 3.13. The third kappa shape index (κ3) is 6.04. The second-order valence-electron chi connectivity index (χ2n) is 7.10. The number of carbonyl (C=O) groups excluding carboxylic acids is 2. The zero-order valence-corrected chi connectivity index (χ0v) is 19.2. The van der Waals surface area contributed by atoms with Gasteiger partial charge in [-0.15, -0.1) is 10.2 Å². The van der Waals surface area contributed by atoms with E-state index < -0.39 is 0 Å². The van der Waals surface area contributed by atoms with E-state index in [0.717, 1.165) is 0 Å². The first-order chi connectivity index (χ1) is 16.6. The molecule has 0 bridgehead atoms. The van der Waals surface area contributed by atoms with E-state index in [1.807, 2.05) is 35.8 Å². The van der Waals surface area contributed by atoms with Gasteiger partial charge in [0.15, 0.2) is 23.3 Å². The van der Waals surface area contributed by atoms with Crippen molar-refractivity contribution in [2.75, 3.05) is 23.0 Å². The first kappa shape index (κ1) is 23.1. The van der Waals surface area contributed by atoms with Gasteiger partial charge in [0.2, 0.25) is 5.91 Å². The lowest BCUT2D eigenvalue weighted by Crippen LogP contribution is -2.20. The second-order valence-corrected chi connectivity index (χ2v) is 8.04. The number of thioether (sulfide) groups is 1. The van der Waals surface area contributed by atoms with E-state index in [1.165, 1.54) is 11.8 Å². The molecule has 4 rings (SSSR count). The quantitative estimate of drug-likeness (QED) is 0.328. The van der Waals surface area contributed by atoms with E-state index in [4.69, 9.17) is 9.15 Å². The monoisotopic (exact) mass is 477 g/mol. The minimum Gasteiger partial charge on any atom is -0.484 e. The van der Waals surface area contributed by atoms with Crippen molar-refractivity contribution in [3.63, 3.8) is 0 Å². The van der Waals surface area contributed by atoms with Gasteiger partial charge < -0.3 is 19.8 Å². The van der Waals surface area contributed by atoms with Crippen LogP contribution in [0.3, 0.4) is 0 Å². The van der Waals surface area contributed by atoms with Crippen LogP contribution in [-0.4, -0.2) is 38.9 Å². The smallest absolute Gasteiger partial charge is 0.262 e. The molecule has 0 fully saturated rings. The summed E-state index contributed by atoms with van der Waals surface area (Å²) in [4.78, 5) is 24.6. The topological polar surface area (TPSA) is 111 Å². The van der Waals surface area contributed by atoms with Gasteiger partial charge in [0, 0.05) is 24.0 Å². The molecule has 2 aromatic carbocycles. The summed E-state index contributed by atoms with van der Waals surface area (Å²) in [5.41, 5.74) is 1.27. The van der Waals surface area contributed by atoms with Crippen molar-refractivity contribution in [1.29, 1.82) is 0 Å². The number of furan rings is 1. The second kappa shape index (κ2) is 11.2. The highest BCUT2D eigenvalue weighted by Gasteiger charge is 2.16. The van der Waals surface area contributed by atoms with Crippen LogP contribution in [0.25, 0.3) is 11.6 Å². The number of para-hydroxylation sites is 1. The van der Waals surface area contributed by atoms with Crippen LogP contribution in [-0.2, 0) is 16.1 Å². The Balaban J connectivity index is 1.28. The molecule has 2 amide bonds. The molecule has 0 aliphatic heterocycles. The SMILES string of the molecule is CCn1c(SCC(=O)Nc2cccc(OCC(=O)Nc3ccccc3)c2)nnc1-c1ccco1. The molecule has 0 radical (unpaired) electrons. The third-order valence-electron chi connectivity index (χ3n) is 4.65. The lowest BCUT2D eigenvalue weighted by molar-refractivity contribution is -0.118. The third-order valence-corrected chi connectivity index (χ3v) is 5.62. The molecule has 2 N–H and O–H groups in total. The number of amides is 2. The number of nitrogens with zero attached hydrogens (tertiary/aromatic N) is 3. The van der Waals surface area contributed by atoms with Crippen molar-refractivity contribution < 1.29 is 18.7 Å². The summed E-state index contributed by atoms with van der Waals surface area (Å²) < 4.78 is 12.9. The van der Waals surface area contributed by atoms with E-state index in [-0.39, 0.29) is 24.2 Å². The zero-order valence-electron chi connectivity index (χ0n) is 18.4. The van der Waals surface area contributed by atoms with Gasteiger partial charge in [-0.05, 0) is 43.3 Å². The van der Waals surface area contributed by atoms with Crippen molar-refractivity contribution in [2.24, 2.45) is 0 Å². The number of nitrogens with one attached hydrogen (secondary N) is 2. The maximum absolute atomic E-state index is 12.5. The lowest BCUT2D eigenvalue weighted by Gasteiger charge is -2.10. The van der Waals surface area contributed by atoms with E-state index in [1.54, 1.807) is 48.7 Å². The highest BCUT2D eigenvalue weighted by Crippen LogP contribution is 2.24. The van der Waals surface area contributed by atoms with Crippen LogP contribution >= 0.6 is 11.8 Å². The van der Waals surface area contributed by atoms with Gasteiger partial charge in [-0.1, -0.05) is 36.0 Å². The van der Waals surface area contributed by atoms with Crippen LogP contribution in [0.15, 0.2) is 82.6 Å².